The molecule has 0 aliphatic rings. The zero-order valence-electron chi connectivity index (χ0n) is 14.8. The lowest BCUT2D eigenvalue weighted by Gasteiger charge is -2.09. The molecule has 0 radical (unpaired) electrons. The molecule has 1 aromatic carbocycles. The number of rotatable bonds is 9. The van der Waals surface area contributed by atoms with E-state index in [4.69, 9.17) is 0 Å². The Labute approximate surface area is 148 Å². The lowest BCUT2D eigenvalue weighted by atomic mass is 10.1. The number of nitrogens with zero attached hydrogens (tertiary/aromatic N) is 2. The van der Waals surface area contributed by atoms with Gasteiger partial charge in [0.2, 0.25) is 5.95 Å². The average Bonchev–Trinajstić information content (AvgIpc) is 2.60. The molecule has 0 saturated carbocycles. The number of hydrogen-bond acceptors (Lipinski definition) is 4. The molecule has 134 valence electrons. The number of halogens is 1. The Morgan fingerprint density at radius 2 is 1.96 bits per heavy atom. The molecule has 0 spiro atoms. The van der Waals surface area contributed by atoms with Crippen molar-refractivity contribution in [2.45, 2.75) is 39.5 Å². The number of benzene rings is 1. The molecular weight excluding hydrogens is 319 g/mol. The molecule has 0 bridgehead atoms. The second-order valence-electron chi connectivity index (χ2n) is 5.95. The van der Waals surface area contributed by atoms with Crippen molar-refractivity contribution in [2.24, 2.45) is 0 Å². The summed E-state index contributed by atoms with van der Waals surface area (Å²) in [5.74, 6) is -0.0676. The Hall–Kier alpha value is -2.50. The number of nitrogens with one attached hydrogen (secondary N) is 2. The highest BCUT2D eigenvalue weighted by Crippen LogP contribution is 2.08. The fraction of sp³-hybridized carbons (Fsp3) is 0.421. The molecule has 25 heavy (non-hydrogen) atoms. The molecule has 0 aliphatic heterocycles. The van der Waals surface area contributed by atoms with Crippen LogP contribution in [0.2, 0.25) is 0 Å². The number of carbonyl (C=O) groups excluding carboxylic acids is 1. The molecule has 0 saturated heterocycles. The van der Waals surface area contributed by atoms with Crippen molar-refractivity contribution in [3.05, 3.63) is 53.1 Å². The van der Waals surface area contributed by atoms with Gasteiger partial charge in [0, 0.05) is 18.8 Å². The number of carbonyl (C=O) groups is 1. The first kappa shape index (κ1) is 18.8. The minimum atomic E-state index is -0.279. The zero-order valence-corrected chi connectivity index (χ0v) is 14.8. The van der Waals surface area contributed by atoms with Crippen molar-refractivity contribution in [3.63, 3.8) is 0 Å². The van der Waals surface area contributed by atoms with Crippen LogP contribution in [0.3, 0.4) is 0 Å². The number of unbranched alkanes of at least 4 members (excludes halogenated alkanes) is 2. The summed E-state index contributed by atoms with van der Waals surface area (Å²) in [6.07, 6.45) is 3.76. The quantitative estimate of drug-likeness (QED) is 0.683. The van der Waals surface area contributed by atoms with Gasteiger partial charge in [0.1, 0.15) is 11.5 Å². The molecule has 6 heteroatoms. The Morgan fingerprint density at radius 1 is 1.16 bits per heavy atom. The maximum atomic E-state index is 13.6. The van der Waals surface area contributed by atoms with E-state index in [-0.39, 0.29) is 11.7 Å². The van der Waals surface area contributed by atoms with Crippen LogP contribution in [-0.4, -0.2) is 29.0 Å². The number of hydrogen-bond donors (Lipinski definition) is 2. The maximum absolute atomic E-state index is 13.6. The summed E-state index contributed by atoms with van der Waals surface area (Å²) in [7, 11) is 0. The van der Waals surface area contributed by atoms with Gasteiger partial charge >= 0.3 is 0 Å². The van der Waals surface area contributed by atoms with Gasteiger partial charge < -0.3 is 10.6 Å². The molecule has 0 unspecified atom stereocenters. The first-order valence-corrected chi connectivity index (χ1v) is 8.71. The van der Waals surface area contributed by atoms with Crippen molar-refractivity contribution < 1.29 is 9.18 Å². The van der Waals surface area contributed by atoms with E-state index in [1.54, 1.807) is 24.3 Å². The van der Waals surface area contributed by atoms with Crippen LogP contribution < -0.4 is 10.6 Å². The lowest BCUT2D eigenvalue weighted by Crippen LogP contribution is -2.27. The number of amides is 1. The van der Waals surface area contributed by atoms with Gasteiger partial charge in [-0.05, 0) is 37.5 Å². The monoisotopic (exact) mass is 344 g/mol. The van der Waals surface area contributed by atoms with Gasteiger partial charge in [0.25, 0.3) is 5.91 Å². The van der Waals surface area contributed by atoms with Crippen molar-refractivity contribution in [1.82, 2.24) is 15.3 Å². The van der Waals surface area contributed by atoms with Gasteiger partial charge in [-0.2, -0.15) is 0 Å². The van der Waals surface area contributed by atoms with Crippen LogP contribution in [0.15, 0.2) is 30.3 Å². The van der Waals surface area contributed by atoms with Gasteiger partial charge in [-0.3, -0.25) is 4.79 Å². The van der Waals surface area contributed by atoms with E-state index in [1.165, 1.54) is 6.07 Å². The van der Waals surface area contributed by atoms with E-state index < -0.39 is 0 Å². The molecule has 2 N–H and O–H groups in total. The largest absolute Gasteiger partial charge is 0.354 e. The Morgan fingerprint density at radius 3 is 2.72 bits per heavy atom. The second-order valence-corrected chi connectivity index (χ2v) is 5.95. The first-order valence-electron chi connectivity index (χ1n) is 8.71. The van der Waals surface area contributed by atoms with Crippen molar-refractivity contribution in [3.8, 4) is 0 Å². The normalized spacial score (nSPS) is 10.5. The molecule has 1 aromatic heterocycles. The van der Waals surface area contributed by atoms with Gasteiger partial charge in [-0.25, -0.2) is 14.4 Å². The van der Waals surface area contributed by atoms with Gasteiger partial charge in [0.05, 0.1) is 0 Å². The fourth-order valence-electron chi connectivity index (χ4n) is 2.44. The first-order chi connectivity index (χ1) is 12.1. The van der Waals surface area contributed by atoms with E-state index in [0.717, 1.165) is 31.5 Å². The Balaban J connectivity index is 1.90. The molecule has 1 amide bonds. The predicted octanol–water partition coefficient (Wildman–Crippen LogP) is 3.50. The van der Waals surface area contributed by atoms with E-state index in [0.29, 0.717) is 30.2 Å². The number of aryl methyl sites for hydroxylation is 1. The number of anilines is 1. The molecular formula is C19H25FN4O. The molecule has 1 heterocycles. The molecule has 5 nitrogen and oxygen atoms in total. The standard InChI is InChI=1S/C19H25FN4O/c1-3-4-7-11-22-19-23-14(2)13-17(24-19)18(25)21-12-10-15-8-5-6-9-16(15)20/h5-6,8-9,13H,3-4,7,10-12H2,1-2H3,(H,21,25)(H,22,23,24). The summed E-state index contributed by atoms with van der Waals surface area (Å²) in [5, 5.41) is 5.93. The van der Waals surface area contributed by atoms with Crippen LogP contribution in [0.25, 0.3) is 0 Å². The highest BCUT2D eigenvalue weighted by molar-refractivity contribution is 5.92. The molecule has 2 aromatic rings. The smallest absolute Gasteiger partial charge is 0.270 e. The summed E-state index contributed by atoms with van der Waals surface area (Å²) in [6, 6.07) is 8.21. The molecule has 0 atom stereocenters. The fourth-order valence-corrected chi connectivity index (χ4v) is 2.44. The third-order valence-corrected chi connectivity index (χ3v) is 3.79. The van der Waals surface area contributed by atoms with Gasteiger partial charge in [-0.1, -0.05) is 38.0 Å². The Bertz CT molecular complexity index is 706. The van der Waals surface area contributed by atoms with Crippen molar-refractivity contribution in [2.75, 3.05) is 18.4 Å². The summed E-state index contributed by atoms with van der Waals surface area (Å²) >= 11 is 0. The summed E-state index contributed by atoms with van der Waals surface area (Å²) in [6.45, 7) is 5.11. The Kier molecular flexibility index (Phi) is 7.32. The SMILES string of the molecule is CCCCCNc1nc(C)cc(C(=O)NCCc2ccccc2F)n1. The van der Waals surface area contributed by atoms with Crippen LogP contribution in [0, 0.1) is 12.7 Å². The van der Waals surface area contributed by atoms with Crippen LogP contribution in [-0.2, 0) is 6.42 Å². The number of aromatic nitrogens is 2. The molecule has 0 fully saturated rings. The third kappa shape index (κ3) is 6.14. The predicted molar refractivity (Wildman–Crippen MR) is 97.2 cm³/mol. The highest BCUT2D eigenvalue weighted by Gasteiger charge is 2.10. The van der Waals surface area contributed by atoms with Crippen LogP contribution >= 0.6 is 0 Å². The zero-order chi connectivity index (χ0) is 18.1. The summed E-state index contributed by atoms with van der Waals surface area (Å²) in [5.41, 5.74) is 1.63. The molecule has 0 aliphatic carbocycles. The molecule has 2 rings (SSSR count). The van der Waals surface area contributed by atoms with E-state index >= 15 is 0 Å². The van der Waals surface area contributed by atoms with Gasteiger partial charge in [0.15, 0.2) is 0 Å². The van der Waals surface area contributed by atoms with E-state index in [1.807, 2.05) is 6.92 Å². The van der Waals surface area contributed by atoms with E-state index in [9.17, 15) is 9.18 Å². The summed E-state index contributed by atoms with van der Waals surface area (Å²) < 4.78 is 13.6. The minimum Gasteiger partial charge on any atom is -0.354 e. The van der Waals surface area contributed by atoms with Crippen LogP contribution in [0.5, 0.6) is 0 Å². The topological polar surface area (TPSA) is 66.9 Å². The lowest BCUT2D eigenvalue weighted by molar-refractivity contribution is 0.0949. The second kappa shape index (κ2) is 9.71. The minimum absolute atomic E-state index is 0.256. The third-order valence-electron chi connectivity index (χ3n) is 3.79. The van der Waals surface area contributed by atoms with Crippen LogP contribution in [0.1, 0.15) is 47.9 Å². The summed E-state index contributed by atoms with van der Waals surface area (Å²) in [4.78, 5) is 20.8. The van der Waals surface area contributed by atoms with E-state index in [2.05, 4.69) is 27.5 Å². The highest BCUT2D eigenvalue weighted by atomic mass is 19.1. The van der Waals surface area contributed by atoms with Gasteiger partial charge in [-0.15, -0.1) is 0 Å². The average molecular weight is 344 g/mol. The van der Waals surface area contributed by atoms with Crippen molar-refractivity contribution >= 4 is 11.9 Å². The van der Waals surface area contributed by atoms with Crippen LogP contribution in [0.4, 0.5) is 10.3 Å². The van der Waals surface area contributed by atoms with Crippen molar-refractivity contribution in [1.29, 1.82) is 0 Å². The maximum Gasteiger partial charge on any atom is 0.270 e.